The van der Waals surface area contributed by atoms with Gasteiger partial charge in [0.2, 0.25) is 0 Å². The number of rotatable bonds is 4. The van der Waals surface area contributed by atoms with Crippen LogP contribution in [0.1, 0.15) is 29.7 Å². The second-order valence-electron chi connectivity index (χ2n) is 4.28. The van der Waals surface area contributed by atoms with Crippen LogP contribution in [0.5, 0.6) is 5.75 Å². The standard InChI is InChI=1S/C16H18O2/c1-3-12-6-4-7-13(10-12)16(17)14-8-5-9-15(11-14)18-2/h4-11,16-17H,3H2,1-2H3. The summed E-state index contributed by atoms with van der Waals surface area (Å²) in [6.45, 7) is 2.11. The third-order valence-electron chi connectivity index (χ3n) is 3.08. The molecule has 2 nitrogen and oxygen atoms in total. The largest absolute Gasteiger partial charge is 0.497 e. The van der Waals surface area contributed by atoms with Crippen LogP contribution >= 0.6 is 0 Å². The van der Waals surface area contributed by atoms with Gasteiger partial charge in [0.25, 0.3) is 0 Å². The molecule has 1 unspecified atom stereocenters. The van der Waals surface area contributed by atoms with Gasteiger partial charge < -0.3 is 9.84 Å². The van der Waals surface area contributed by atoms with Crippen molar-refractivity contribution in [2.24, 2.45) is 0 Å². The molecule has 1 atom stereocenters. The van der Waals surface area contributed by atoms with Gasteiger partial charge in [0.05, 0.1) is 7.11 Å². The van der Waals surface area contributed by atoms with Crippen molar-refractivity contribution < 1.29 is 9.84 Å². The highest BCUT2D eigenvalue weighted by molar-refractivity contribution is 5.36. The molecule has 2 heteroatoms. The summed E-state index contributed by atoms with van der Waals surface area (Å²) in [6.07, 6.45) is 0.366. The lowest BCUT2D eigenvalue weighted by Gasteiger charge is -2.13. The number of aliphatic hydroxyl groups excluding tert-OH is 1. The maximum absolute atomic E-state index is 10.4. The van der Waals surface area contributed by atoms with Gasteiger partial charge in [-0.1, -0.05) is 43.3 Å². The van der Waals surface area contributed by atoms with Gasteiger partial charge in [-0.05, 0) is 35.2 Å². The molecule has 2 rings (SSSR count). The molecule has 0 spiro atoms. The van der Waals surface area contributed by atoms with Crippen LogP contribution in [0.2, 0.25) is 0 Å². The van der Waals surface area contributed by atoms with Crippen LogP contribution in [0.25, 0.3) is 0 Å². The second kappa shape index (κ2) is 5.69. The quantitative estimate of drug-likeness (QED) is 0.891. The summed E-state index contributed by atoms with van der Waals surface area (Å²) < 4.78 is 5.17. The fourth-order valence-corrected chi connectivity index (χ4v) is 1.99. The lowest BCUT2D eigenvalue weighted by Crippen LogP contribution is -2.00. The topological polar surface area (TPSA) is 29.5 Å². The van der Waals surface area contributed by atoms with E-state index in [1.165, 1.54) is 5.56 Å². The molecule has 0 aliphatic heterocycles. The van der Waals surface area contributed by atoms with Crippen molar-refractivity contribution in [3.05, 3.63) is 65.2 Å². The molecule has 0 radical (unpaired) electrons. The molecule has 94 valence electrons. The average molecular weight is 242 g/mol. The molecule has 0 bridgehead atoms. The number of ether oxygens (including phenoxy) is 1. The van der Waals surface area contributed by atoms with E-state index in [0.29, 0.717) is 0 Å². The normalized spacial score (nSPS) is 12.2. The molecule has 0 aromatic heterocycles. The first-order valence-corrected chi connectivity index (χ1v) is 6.15. The van der Waals surface area contributed by atoms with E-state index in [0.717, 1.165) is 23.3 Å². The Labute approximate surface area is 108 Å². The molecule has 0 fully saturated rings. The Hall–Kier alpha value is -1.80. The fourth-order valence-electron chi connectivity index (χ4n) is 1.99. The lowest BCUT2D eigenvalue weighted by atomic mass is 9.99. The monoisotopic (exact) mass is 242 g/mol. The van der Waals surface area contributed by atoms with Gasteiger partial charge in [-0.25, -0.2) is 0 Å². The smallest absolute Gasteiger partial charge is 0.119 e. The minimum atomic E-state index is -0.605. The highest BCUT2D eigenvalue weighted by Gasteiger charge is 2.11. The molecule has 2 aromatic carbocycles. The van der Waals surface area contributed by atoms with Crippen LogP contribution in [-0.2, 0) is 6.42 Å². The van der Waals surface area contributed by atoms with E-state index in [-0.39, 0.29) is 0 Å². The minimum absolute atomic E-state index is 0.605. The lowest BCUT2D eigenvalue weighted by molar-refractivity contribution is 0.219. The van der Waals surface area contributed by atoms with Gasteiger partial charge in [0.1, 0.15) is 11.9 Å². The summed E-state index contributed by atoms with van der Waals surface area (Å²) >= 11 is 0. The molecule has 0 saturated heterocycles. The first-order chi connectivity index (χ1) is 8.74. The maximum Gasteiger partial charge on any atom is 0.119 e. The van der Waals surface area contributed by atoms with Crippen molar-refractivity contribution in [1.29, 1.82) is 0 Å². The minimum Gasteiger partial charge on any atom is -0.497 e. The van der Waals surface area contributed by atoms with Gasteiger partial charge in [0, 0.05) is 0 Å². The van der Waals surface area contributed by atoms with E-state index < -0.39 is 6.10 Å². The fraction of sp³-hybridized carbons (Fsp3) is 0.250. The predicted octanol–water partition coefficient (Wildman–Crippen LogP) is 3.34. The van der Waals surface area contributed by atoms with Crippen molar-refractivity contribution in [3.63, 3.8) is 0 Å². The van der Waals surface area contributed by atoms with E-state index in [4.69, 9.17) is 4.74 Å². The maximum atomic E-state index is 10.4. The molecule has 1 N–H and O–H groups in total. The molecule has 0 aliphatic rings. The third kappa shape index (κ3) is 2.71. The van der Waals surface area contributed by atoms with Crippen LogP contribution in [-0.4, -0.2) is 12.2 Å². The molecular weight excluding hydrogens is 224 g/mol. The predicted molar refractivity (Wildman–Crippen MR) is 72.9 cm³/mol. The van der Waals surface area contributed by atoms with E-state index >= 15 is 0 Å². The summed E-state index contributed by atoms with van der Waals surface area (Å²) in [7, 11) is 1.63. The van der Waals surface area contributed by atoms with Crippen molar-refractivity contribution >= 4 is 0 Å². The summed E-state index contributed by atoms with van der Waals surface area (Å²) in [5.41, 5.74) is 3.00. The van der Waals surface area contributed by atoms with Crippen LogP contribution in [0.15, 0.2) is 48.5 Å². The summed E-state index contributed by atoms with van der Waals surface area (Å²) in [5, 5.41) is 10.4. The first-order valence-electron chi connectivity index (χ1n) is 6.15. The summed E-state index contributed by atoms with van der Waals surface area (Å²) in [5.74, 6) is 0.762. The van der Waals surface area contributed by atoms with E-state index in [2.05, 4.69) is 13.0 Å². The highest BCUT2D eigenvalue weighted by Crippen LogP contribution is 2.25. The van der Waals surface area contributed by atoms with E-state index in [1.54, 1.807) is 7.11 Å². The van der Waals surface area contributed by atoms with E-state index in [1.807, 2.05) is 42.5 Å². The van der Waals surface area contributed by atoms with Crippen molar-refractivity contribution in [2.75, 3.05) is 7.11 Å². The number of hydrogen-bond donors (Lipinski definition) is 1. The number of methoxy groups -OCH3 is 1. The Morgan fingerprint density at radius 3 is 2.39 bits per heavy atom. The number of aryl methyl sites for hydroxylation is 1. The molecule has 2 aromatic rings. The van der Waals surface area contributed by atoms with Crippen molar-refractivity contribution in [1.82, 2.24) is 0 Å². The van der Waals surface area contributed by atoms with Crippen LogP contribution in [0.3, 0.4) is 0 Å². The molecule has 0 saturated carbocycles. The Morgan fingerprint density at radius 1 is 1.06 bits per heavy atom. The second-order valence-corrected chi connectivity index (χ2v) is 4.28. The Bertz CT molecular complexity index is 473. The SMILES string of the molecule is CCc1cccc(C(O)c2cccc(OC)c2)c1. The van der Waals surface area contributed by atoms with Crippen LogP contribution in [0, 0.1) is 0 Å². The molecule has 0 aliphatic carbocycles. The Kier molecular flexibility index (Phi) is 4.00. The van der Waals surface area contributed by atoms with Crippen molar-refractivity contribution in [2.45, 2.75) is 19.4 Å². The van der Waals surface area contributed by atoms with Gasteiger partial charge in [-0.2, -0.15) is 0 Å². The molecule has 0 heterocycles. The first kappa shape index (κ1) is 12.7. The number of benzene rings is 2. The Morgan fingerprint density at radius 2 is 1.72 bits per heavy atom. The zero-order chi connectivity index (χ0) is 13.0. The highest BCUT2D eigenvalue weighted by atomic mass is 16.5. The average Bonchev–Trinajstić information content (AvgIpc) is 2.46. The molecular formula is C16H18O2. The van der Waals surface area contributed by atoms with Gasteiger partial charge >= 0.3 is 0 Å². The third-order valence-corrected chi connectivity index (χ3v) is 3.08. The van der Waals surface area contributed by atoms with Gasteiger partial charge in [0.15, 0.2) is 0 Å². The Balaban J connectivity index is 2.31. The molecule has 18 heavy (non-hydrogen) atoms. The van der Waals surface area contributed by atoms with Crippen LogP contribution < -0.4 is 4.74 Å². The van der Waals surface area contributed by atoms with E-state index in [9.17, 15) is 5.11 Å². The zero-order valence-corrected chi connectivity index (χ0v) is 10.8. The van der Waals surface area contributed by atoms with Crippen LogP contribution in [0.4, 0.5) is 0 Å². The molecule has 0 amide bonds. The summed E-state index contributed by atoms with van der Waals surface area (Å²) in [6, 6.07) is 15.6. The van der Waals surface area contributed by atoms with Crippen molar-refractivity contribution in [3.8, 4) is 5.75 Å². The summed E-state index contributed by atoms with van der Waals surface area (Å²) in [4.78, 5) is 0. The van der Waals surface area contributed by atoms with Gasteiger partial charge in [-0.15, -0.1) is 0 Å². The number of hydrogen-bond acceptors (Lipinski definition) is 2. The number of aliphatic hydroxyl groups is 1. The zero-order valence-electron chi connectivity index (χ0n) is 10.8. The van der Waals surface area contributed by atoms with Gasteiger partial charge in [-0.3, -0.25) is 0 Å².